The van der Waals surface area contributed by atoms with Gasteiger partial charge in [0.1, 0.15) is 13.2 Å². The number of sulfone groups is 1. The molecule has 2 rings (SSSR count). The van der Waals surface area contributed by atoms with Crippen LogP contribution in [0.2, 0.25) is 0 Å². The van der Waals surface area contributed by atoms with E-state index < -0.39 is 15.8 Å². The highest BCUT2D eigenvalue weighted by Crippen LogP contribution is 2.32. The van der Waals surface area contributed by atoms with E-state index in [9.17, 15) is 13.2 Å². The Bertz CT molecular complexity index is 593. The average molecular weight is 300 g/mol. The number of esters is 1. The molecule has 0 saturated carbocycles. The summed E-state index contributed by atoms with van der Waals surface area (Å²) in [6, 6.07) is 4.44. The summed E-state index contributed by atoms with van der Waals surface area (Å²) in [7, 11) is -3.54. The molecular weight excluding hydrogens is 284 g/mol. The minimum absolute atomic E-state index is 0.117. The fourth-order valence-electron chi connectivity index (χ4n) is 1.79. The Labute approximate surface area is 117 Å². The molecule has 1 aromatic carbocycles. The van der Waals surface area contributed by atoms with Crippen molar-refractivity contribution in [2.24, 2.45) is 0 Å². The minimum atomic E-state index is -3.54. The highest BCUT2D eigenvalue weighted by atomic mass is 32.2. The largest absolute Gasteiger partial charge is 0.486 e. The quantitative estimate of drug-likeness (QED) is 0.760. The summed E-state index contributed by atoms with van der Waals surface area (Å²) in [6.45, 7) is 2.75. The first-order valence-electron chi connectivity index (χ1n) is 6.31. The summed E-state index contributed by atoms with van der Waals surface area (Å²) < 4.78 is 39.6. The number of carbonyl (C=O) groups is 1. The molecule has 1 aromatic rings. The molecule has 0 spiro atoms. The molecule has 7 heteroatoms. The van der Waals surface area contributed by atoms with E-state index in [1.807, 2.05) is 0 Å². The maximum absolute atomic E-state index is 12.1. The molecule has 0 N–H and O–H groups in total. The first-order chi connectivity index (χ1) is 9.53. The van der Waals surface area contributed by atoms with Gasteiger partial charge in [0, 0.05) is 6.07 Å². The lowest BCUT2D eigenvalue weighted by molar-refractivity contribution is -0.142. The second-order valence-corrected chi connectivity index (χ2v) is 6.29. The molecule has 0 amide bonds. The Morgan fingerprint density at radius 1 is 1.25 bits per heavy atom. The molecule has 0 atom stereocenters. The zero-order valence-corrected chi connectivity index (χ0v) is 11.9. The van der Waals surface area contributed by atoms with Gasteiger partial charge in [-0.1, -0.05) is 0 Å². The summed E-state index contributed by atoms with van der Waals surface area (Å²) in [4.78, 5) is 11.3. The SMILES string of the molecule is CCOC(=O)CCS(=O)(=O)c1ccc2c(c1)OCCO2. The number of hydrogen-bond acceptors (Lipinski definition) is 6. The van der Waals surface area contributed by atoms with Gasteiger partial charge >= 0.3 is 5.97 Å². The second-order valence-electron chi connectivity index (χ2n) is 4.18. The van der Waals surface area contributed by atoms with Crippen LogP contribution >= 0.6 is 0 Å². The molecule has 0 unspecified atom stereocenters. The number of benzene rings is 1. The molecule has 0 saturated heterocycles. The van der Waals surface area contributed by atoms with Crippen molar-refractivity contribution in [3.8, 4) is 11.5 Å². The van der Waals surface area contributed by atoms with Crippen molar-refractivity contribution in [2.45, 2.75) is 18.2 Å². The van der Waals surface area contributed by atoms with E-state index in [1.165, 1.54) is 12.1 Å². The van der Waals surface area contributed by atoms with Crippen molar-refractivity contribution in [1.82, 2.24) is 0 Å². The Morgan fingerprint density at radius 2 is 1.95 bits per heavy atom. The molecule has 0 bridgehead atoms. The van der Waals surface area contributed by atoms with Gasteiger partial charge in [-0.2, -0.15) is 0 Å². The molecule has 1 aliphatic heterocycles. The molecular formula is C13H16O6S. The topological polar surface area (TPSA) is 78.9 Å². The van der Waals surface area contributed by atoms with E-state index in [0.717, 1.165) is 0 Å². The second kappa shape index (κ2) is 6.13. The molecule has 1 heterocycles. The van der Waals surface area contributed by atoms with Crippen molar-refractivity contribution in [3.05, 3.63) is 18.2 Å². The third-order valence-corrected chi connectivity index (χ3v) is 4.47. The molecule has 1 aliphatic rings. The summed E-state index contributed by atoms with van der Waals surface area (Å²) in [5, 5.41) is 0. The average Bonchev–Trinajstić information content (AvgIpc) is 2.45. The molecule has 0 radical (unpaired) electrons. The van der Waals surface area contributed by atoms with E-state index in [1.54, 1.807) is 13.0 Å². The van der Waals surface area contributed by atoms with E-state index in [4.69, 9.17) is 14.2 Å². The third kappa shape index (κ3) is 3.41. The highest BCUT2D eigenvalue weighted by molar-refractivity contribution is 7.91. The van der Waals surface area contributed by atoms with Gasteiger partial charge in [0.2, 0.25) is 0 Å². The van der Waals surface area contributed by atoms with Crippen LogP contribution in [0.3, 0.4) is 0 Å². The van der Waals surface area contributed by atoms with Gasteiger partial charge in [0.05, 0.1) is 23.7 Å². The van der Waals surface area contributed by atoms with Crippen LogP contribution in [0.5, 0.6) is 11.5 Å². The van der Waals surface area contributed by atoms with Crippen LogP contribution in [0.4, 0.5) is 0 Å². The van der Waals surface area contributed by atoms with Crippen LogP contribution in [-0.4, -0.2) is 40.0 Å². The summed E-state index contributed by atoms with van der Waals surface area (Å²) in [5.74, 6) is 0.133. The van der Waals surface area contributed by atoms with E-state index in [0.29, 0.717) is 24.7 Å². The lowest BCUT2D eigenvalue weighted by Gasteiger charge is -2.18. The van der Waals surface area contributed by atoms with Crippen molar-refractivity contribution < 1.29 is 27.4 Å². The van der Waals surface area contributed by atoms with Gasteiger partial charge in [0.25, 0.3) is 0 Å². The van der Waals surface area contributed by atoms with Crippen LogP contribution in [-0.2, 0) is 19.4 Å². The smallest absolute Gasteiger partial charge is 0.306 e. The predicted octanol–water partition coefficient (Wildman–Crippen LogP) is 1.18. The highest BCUT2D eigenvalue weighted by Gasteiger charge is 2.20. The van der Waals surface area contributed by atoms with Gasteiger partial charge in [-0.05, 0) is 19.1 Å². The van der Waals surface area contributed by atoms with E-state index in [-0.39, 0.29) is 23.7 Å². The monoisotopic (exact) mass is 300 g/mol. The summed E-state index contributed by atoms with van der Waals surface area (Å²) in [6.07, 6.45) is -0.162. The van der Waals surface area contributed by atoms with E-state index in [2.05, 4.69) is 0 Å². The number of ether oxygens (including phenoxy) is 3. The molecule has 20 heavy (non-hydrogen) atoms. The number of rotatable bonds is 5. The van der Waals surface area contributed by atoms with E-state index >= 15 is 0 Å². The fourth-order valence-corrected chi connectivity index (χ4v) is 3.02. The molecule has 110 valence electrons. The number of carbonyl (C=O) groups excluding carboxylic acids is 1. The first kappa shape index (κ1) is 14.6. The molecule has 0 aliphatic carbocycles. The zero-order chi connectivity index (χ0) is 14.6. The van der Waals surface area contributed by atoms with Gasteiger partial charge < -0.3 is 14.2 Å². The minimum Gasteiger partial charge on any atom is -0.486 e. The summed E-state index contributed by atoms with van der Waals surface area (Å²) >= 11 is 0. The van der Waals surface area contributed by atoms with Gasteiger partial charge in [0.15, 0.2) is 21.3 Å². The summed E-state index contributed by atoms with van der Waals surface area (Å²) in [5.41, 5.74) is 0. The van der Waals surface area contributed by atoms with Crippen LogP contribution in [0.1, 0.15) is 13.3 Å². The molecule has 0 fully saturated rings. The third-order valence-electron chi connectivity index (χ3n) is 2.75. The molecule has 0 aromatic heterocycles. The molecule has 6 nitrogen and oxygen atoms in total. The Morgan fingerprint density at radius 3 is 2.65 bits per heavy atom. The van der Waals surface area contributed by atoms with Crippen LogP contribution < -0.4 is 9.47 Å². The number of fused-ring (bicyclic) bond motifs is 1. The van der Waals surface area contributed by atoms with Crippen molar-refractivity contribution in [1.29, 1.82) is 0 Å². The lowest BCUT2D eigenvalue weighted by Crippen LogP contribution is -2.17. The Balaban J connectivity index is 2.11. The number of hydrogen-bond donors (Lipinski definition) is 0. The van der Waals surface area contributed by atoms with Gasteiger partial charge in [-0.15, -0.1) is 0 Å². The van der Waals surface area contributed by atoms with Crippen LogP contribution in [0.15, 0.2) is 23.1 Å². The Kier molecular flexibility index (Phi) is 4.49. The Hall–Kier alpha value is -1.76. The van der Waals surface area contributed by atoms with Crippen molar-refractivity contribution in [3.63, 3.8) is 0 Å². The van der Waals surface area contributed by atoms with Gasteiger partial charge in [-0.25, -0.2) is 8.42 Å². The maximum Gasteiger partial charge on any atom is 0.306 e. The van der Waals surface area contributed by atoms with Crippen molar-refractivity contribution >= 4 is 15.8 Å². The standard InChI is InChI=1S/C13H16O6S/c1-2-17-13(14)5-8-20(15,16)10-3-4-11-12(9-10)19-7-6-18-11/h3-4,9H,2,5-8H2,1H3. The normalized spacial score (nSPS) is 13.8. The fraction of sp³-hybridized carbons (Fsp3) is 0.462. The van der Waals surface area contributed by atoms with Crippen LogP contribution in [0.25, 0.3) is 0 Å². The zero-order valence-electron chi connectivity index (χ0n) is 11.1. The van der Waals surface area contributed by atoms with Crippen LogP contribution in [0, 0.1) is 0 Å². The lowest BCUT2D eigenvalue weighted by atomic mass is 10.3. The van der Waals surface area contributed by atoms with Gasteiger partial charge in [-0.3, -0.25) is 4.79 Å². The van der Waals surface area contributed by atoms with Crippen molar-refractivity contribution in [2.75, 3.05) is 25.6 Å². The first-order valence-corrected chi connectivity index (χ1v) is 7.96. The maximum atomic E-state index is 12.1. The predicted molar refractivity (Wildman–Crippen MR) is 70.7 cm³/mol.